The first-order valence-electron chi connectivity index (χ1n) is 9.79. The number of thioether (sulfide) groups is 6. The van der Waals surface area contributed by atoms with Crippen LogP contribution in [0, 0.1) is 0 Å². The fourth-order valence-corrected chi connectivity index (χ4v) is 8.73. The van der Waals surface area contributed by atoms with E-state index in [-0.39, 0.29) is 11.8 Å². The van der Waals surface area contributed by atoms with Crippen molar-refractivity contribution in [2.45, 2.75) is 0 Å². The molecule has 3 heterocycles. The van der Waals surface area contributed by atoms with Crippen LogP contribution in [-0.4, -0.2) is 117 Å². The molecule has 0 N–H and O–H groups in total. The highest BCUT2D eigenvalue weighted by atomic mass is 32.2. The number of nitrogens with zero attached hydrogens (tertiary/aromatic N) is 2. The van der Waals surface area contributed by atoms with Gasteiger partial charge in [-0.15, -0.1) is 0 Å². The molecule has 0 aromatic carbocycles. The van der Waals surface area contributed by atoms with Crippen molar-refractivity contribution in [1.29, 1.82) is 0 Å². The van der Waals surface area contributed by atoms with Gasteiger partial charge in [0.1, 0.15) is 0 Å². The van der Waals surface area contributed by atoms with Crippen molar-refractivity contribution in [3.05, 3.63) is 0 Å². The molecule has 3 aliphatic rings. The summed E-state index contributed by atoms with van der Waals surface area (Å²) in [7, 11) is 0. The molecule has 0 spiro atoms. The van der Waals surface area contributed by atoms with Crippen LogP contribution in [0.15, 0.2) is 0 Å². The van der Waals surface area contributed by atoms with Gasteiger partial charge in [0.05, 0.1) is 11.5 Å². The Hall–Kier alpha value is 1.04. The molecule has 0 aliphatic carbocycles. The molecule has 3 aliphatic heterocycles. The first-order valence-corrected chi connectivity index (χ1v) is 16.7. The van der Waals surface area contributed by atoms with E-state index in [0.717, 1.165) is 83.7 Å². The Morgan fingerprint density at radius 1 is 0.429 bits per heavy atom. The lowest BCUT2D eigenvalue weighted by Gasteiger charge is -2.24. The van der Waals surface area contributed by atoms with Gasteiger partial charge in [0.2, 0.25) is 11.8 Å². The van der Waals surface area contributed by atoms with Crippen LogP contribution in [0.5, 0.6) is 0 Å². The normalized spacial score (nSPS) is 24.1. The van der Waals surface area contributed by atoms with Crippen LogP contribution >= 0.6 is 70.6 Å². The average Bonchev–Trinajstić information content (AvgIpc) is 2.69. The van der Waals surface area contributed by atoms with Crippen LogP contribution in [0.3, 0.4) is 0 Å². The molecule has 28 heavy (non-hydrogen) atoms. The van der Waals surface area contributed by atoms with Crippen LogP contribution in [0.4, 0.5) is 0 Å². The third-order valence-corrected chi connectivity index (χ3v) is 10.8. The number of rotatable bonds is 0. The predicted octanol–water partition coefficient (Wildman–Crippen LogP) is 3.07. The maximum atomic E-state index is 12.6. The highest BCUT2D eigenvalue weighted by molar-refractivity contribution is 8.04. The van der Waals surface area contributed by atoms with Gasteiger partial charge in [-0.1, -0.05) is 0 Å². The minimum Gasteiger partial charge on any atom is -0.340 e. The second kappa shape index (κ2) is 16.7. The van der Waals surface area contributed by atoms with Crippen molar-refractivity contribution in [2.24, 2.45) is 0 Å². The summed E-state index contributed by atoms with van der Waals surface area (Å²) in [6.45, 7) is 3.50. The van der Waals surface area contributed by atoms with E-state index in [4.69, 9.17) is 0 Å². The van der Waals surface area contributed by atoms with Gasteiger partial charge >= 0.3 is 0 Å². The number of hydrogen-bond donors (Lipinski definition) is 0. The molecule has 162 valence electrons. The van der Waals surface area contributed by atoms with E-state index < -0.39 is 0 Å². The Balaban J connectivity index is 1.99. The van der Waals surface area contributed by atoms with E-state index in [1.807, 2.05) is 47.0 Å². The van der Waals surface area contributed by atoms with Crippen molar-refractivity contribution in [3.63, 3.8) is 0 Å². The van der Waals surface area contributed by atoms with E-state index in [9.17, 15) is 9.59 Å². The Bertz CT molecular complexity index is 398. The first-order chi connectivity index (χ1) is 13.8. The lowest BCUT2D eigenvalue weighted by atomic mass is 10.5. The smallest absolute Gasteiger partial charge is 0.232 e. The zero-order chi connectivity index (χ0) is 19.9. The van der Waals surface area contributed by atoms with Crippen molar-refractivity contribution in [1.82, 2.24) is 9.80 Å². The van der Waals surface area contributed by atoms with E-state index >= 15 is 0 Å². The summed E-state index contributed by atoms with van der Waals surface area (Å²) in [6, 6.07) is 0. The second-order valence-corrected chi connectivity index (χ2v) is 13.4. The molecule has 10 heteroatoms. The zero-order valence-corrected chi connectivity index (χ0v) is 21.4. The third kappa shape index (κ3) is 11.4. The number of carbonyl (C=O) groups excluding carboxylic acids is 2. The predicted molar refractivity (Wildman–Crippen MR) is 137 cm³/mol. The Morgan fingerprint density at radius 3 is 1.04 bits per heavy atom. The van der Waals surface area contributed by atoms with Gasteiger partial charge in [-0.05, 0) is 0 Å². The fourth-order valence-electron chi connectivity index (χ4n) is 2.68. The molecule has 0 saturated carbocycles. The first kappa shape index (κ1) is 25.3. The Morgan fingerprint density at radius 2 is 0.714 bits per heavy atom. The molecule has 0 atom stereocenters. The van der Waals surface area contributed by atoms with E-state index in [1.165, 1.54) is 0 Å². The number of fused-ring (bicyclic) bond motifs is 21. The molecule has 0 aromatic rings. The number of hydrogen-bond acceptors (Lipinski definition) is 8. The summed E-state index contributed by atoms with van der Waals surface area (Å²) in [6.07, 6.45) is 0. The van der Waals surface area contributed by atoms with Crippen molar-refractivity contribution in [3.8, 4) is 0 Å². The van der Waals surface area contributed by atoms with Crippen molar-refractivity contribution >= 4 is 82.4 Å². The van der Waals surface area contributed by atoms with Gasteiger partial charge in [0.25, 0.3) is 0 Å². The second-order valence-electron chi connectivity index (χ2n) is 6.32. The highest BCUT2D eigenvalue weighted by Crippen LogP contribution is 2.15. The van der Waals surface area contributed by atoms with Gasteiger partial charge in [0, 0.05) is 83.7 Å². The van der Waals surface area contributed by atoms with Crippen molar-refractivity contribution in [2.75, 3.05) is 95.2 Å². The Labute approximate surface area is 196 Å². The molecule has 3 saturated heterocycles. The summed E-state index contributed by atoms with van der Waals surface area (Å²) >= 11 is 11.2. The summed E-state index contributed by atoms with van der Waals surface area (Å²) in [5.41, 5.74) is 0. The minimum absolute atomic E-state index is 0.282. The lowest BCUT2D eigenvalue weighted by Crippen LogP contribution is -2.37. The van der Waals surface area contributed by atoms with E-state index in [0.29, 0.717) is 11.5 Å². The largest absolute Gasteiger partial charge is 0.340 e. The molecule has 4 nitrogen and oxygen atoms in total. The van der Waals surface area contributed by atoms with Gasteiger partial charge in [-0.3, -0.25) is 9.59 Å². The summed E-state index contributed by atoms with van der Waals surface area (Å²) in [5, 5.41) is 0. The summed E-state index contributed by atoms with van der Waals surface area (Å²) in [5.74, 6) is 12.2. The topological polar surface area (TPSA) is 40.6 Å². The molecule has 2 bridgehead atoms. The van der Waals surface area contributed by atoms with Crippen LogP contribution < -0.4 is 0 Å². The molecule has 3 fully saturated rings. The number of carbonyl (C=O) groups is 2. The summed E-state index contributed by atoms with van der Waals surface area (Å²) in [4.78, 5) is 29.4. The molecule has 0 aromatic heterocycles. The average molecular weight is 501 g/mol. The van der Waals surface area contributed by atoms with Crippen molar-refractivity contribution < 1.29 is 9.59 Å². The van der Waals surface area contributed by atoms with Gasteiger partial charge in [-0.25, -0.2) is 0 Å². The minimum atomic E-state index is 0.282. The maximum absolute atomic E-state index is 12.6. The Kier molecular flexibility index (Phi) is 15.1. The maximum Gasteiger partial charge on any atom is 0.232 e. The standard InChI is InChI=1S/C18H32N2O2S6/c21-17-15-27-13-14-28-16-18(22)20-3-7-25-10-9-23-5-1-19(17)2-6-24-11-12-26-8-4-20/h1-16H2. The molecule has 0 radical (unpaired) electrons. The van der Waals surface area contributed by atoms with E-state index in [1.54, 1.807) is 23.5 Å². The lowest BCUT2D eigenvalue weighted by molar-refractivity contribution is -0.128. The fraction of sp³-hybridized carbons (Fsp3) is 0.889. The summed E-state index contributed by atoms with van der Waals surface area (Å²) < 4.78 is 0. The van der Waals surface area contributed by atoms with Crippen LogP contribution in [0.1, 0.15) is 0 Å². The third-order valence-electron chi connectivity index (χ3n) is 4.29. The van der Waals surface area contributed by atoms with Gasteiger partial charge in [0.15, 0.2) is 0 Å². The molecule has 3 rings (SSSR count). The molecular formula is C18H32N2O2S6. The quantitative estimate of drug-likeness (QED) is 0.503. The SMILES string of the molecule is O=C1CSCCSCC(=O)N2CCSCCSCCN1CCSCCSCC2. The van der Waals surface area contributed by atoms with Crippen LogP contribution in [0.2, 0.25) is 0 Å². The number of amides is 2. The van der Waals surface area contributed by atoms with Gasteiger partial charge in [-0.2, -0.15) is 70.6 Å². The molecule has 2 amide bonds. The van der Waals surface area contributed by atoms with Gasteiger partial charge < -0.3 is 9.80 Å². The molecular weight excluding hydrogens is 469 g/mol. The molecule has 0 unspecified atom stereocenters. The van der Waals surface area contributed by atoms with Crippen LogP contribution in [0.25, 0.3) is 0 Å². The highest BCUT2D eigenvalue weighted by Gasteiger charge is 2.16. The van der Waals surface area contributed by atoms with Crippen LogP contribution in [-0.2, 0) is 9.59 Å². The zero-order valence-electron chi connectivity index (χ0n) is 16.5. The van der Waals surface area contributed by atoms with E-state index in [2.05, 4.69) is 9.80 Å². The monoisotopic (exact) mass is 500 g/mol.